The van der Waals surface area contributed by atoms with Gasteiger partial charge in [-0.05, 0) is 43.4 Å². The average molecular weight is 376 g/mol. The van der Waals surface area contributed by atoms with Crippen LogP contribution in [-0.4, -0.2) is 46.0 Å². The molecule has 1 fully saturated rings. The lowest BCUT2D eigenvalue weighted by Gasteiger charge is -2.35. The summed E-state index contributed by atoms with van der Waals surface area (Å²) in [6.45, 7) is 1.71. The van der Waals surface area contributed by atoms with Crippen LogP contribution in [0.5, 0.6) is 0 Å². The number of amides is 1. The molecular weight excluding hydrogens is 352 g/mol. The molecule has 28 heavy (non-hydrogen) atoms. The number of carbonyl (C=O) groups is 1. The fourth-order valence-corrected chi connectivity index (χ4v) is 4.34. The Labute approximate surface area is 163 Å². The van der Waals surface area contributed by atoms with Gasteiger partial charge in [-0.3, -0.25) is 4.79 Å². The van der Waals surface area contributed by atoms with Gasteiger partial charge >= 0.3 is 0 Å². The number of carbonyl (C=O) groups excluding carboxylic acids is 1. The third-order valence-corrected chi connectivity index (χ3v) is 5.77. The number of rotatable bonds is 3. The number of hydrogen-bond acceptors (Lipinski definition) is 5. The molecule has 0 spiro atoms. The summed E-state index contributed by atoms with van der Waals surface area (Å²) < 4.78 is 0. The summed E-state index contributed by atoms with van der Waals surface area (Å²) in [4.78, 5) is 27.0. The Morgan fingerprint density at radius 3 is 3.07 bits per heavy atom. The Morgan fingerprint density at radius 1 is 1.18 bits per heavy atom. The minimum absolute atomic E-state index is 0.0934. The van der Waals surface area contributed by atoms with E-state index in [4.69, 9.17) is 0 Å². The highest BCUT2D eigenvalue weighted by atomic mass is 16.2. The molecule has 144 valence electrons. The molecule has 1 aromatic carbocycles. The topological polar surface area (TPSA) is 85.9 Å². The number of hydrogen-bond donors (Lipinski definition) is 3. The first kappa shape index (κ1) is 17.0. The molecule has 0 unspecified atom stereocenters. The Balaban J connectivity index is 1.26. The predicted molar refractivity (Wildman–Crippen MR) is 109 cm³/mol. The van der Waals surface area contributed by atoms with Gasteiger partial charge < -0.3 is 20.5 Å². The van der Waals surface area contributed by atoms with Crippen LogP contribution in [0.1, 0.15) is 24.8 Å². The fourth-order valence-electron chi connectivity index (χ4n) is 4.34. The molecule has 4 heterocycles. The number of anilines is 2. The number of aryl methyl sites for hydroxylation is 1. The zero-order chi connectivity index (χ0) is 18.9. The first-order valence-electron chi connectivity index (χ1n) is 9.96. The zero-order valence-electron chi connectivity index (χ0n) is 15.7. The van der Waals surface area contributed by atoms with Gasteiger partial charge in [0.15, 0.2) is 0 Å². The maximum atomic E-state index is 12.9. The van der Waals surface area contributed by atoms with Crippen LogP contribution in [0.15, 0.2) is 42.9 Å². The van der Waals surface area contributed by atoms with Crippen LogP contribution in [0.3, 0.4) is 0 Å². The quantitative estimate of drug-likeness (QED) is 0.654. The number of nitrogens with one attached hydrogen (secondary N) is 3. The third-order valence-electron chi connectivity index (χ3n) is 5.77. The molecule has 3 N–H and O–H groups in total. The van der Waals surface area contributed by atoms with Crippen LogP contribution >= 0.6 is 0 Å². The van der Waals surface area contributed by atoms with E-state index in [0.717, 1.165) is 61.3 Å². The monoisotopic (exact) mass is 376 g/mol. The Bertz CT molecular complexity index is 999. The minimum Gasteiger partial charge on any atom is -0.373 e. The highest BCUT2D eigenvalue weighted by Crippen LogP contribution is 2.26. The molecule has 0 bridgehead atoms. The number of nitrogens with zero attached hydrogens (tertiary/aromatic N) is 3. The minimum atomic E-state index is -0.166. The van der Waals surface area contributed by atoms with Crippen molar-refractivity contribution >= 4 is 28.4 Å². The van der Waals surface area contributed by atoms with E-state index in [0.29, 0.717) is 0 Å². The van der Waals surface area contributed by atoms with Crippen molar-refractivity contribution in [1.29, 1.82) is 0 Å². The van der Waals surface area contributed by atoms with Crippen molar-refractivity contribution in [3.63, 3.8) is 0 Å². The number of H-pyrrole nitrogens is 1. The molecule has 1 saturated heterocycles. The fraction of sp³-hybridized carbons (Fsp3) is 0.381. The van der Waals surface area contributed by atoms with E-state index < -0.39 is 0 Å². The molecule has 0 radical (unpaired) electrons. The van der Waals surface area contributed by atoms with Gasteiger partial charge in [0.2, 0.25) is 5.91 Å². The predicted octanol–water partition coefficient (Wildman–Crippen LogP) is 2.47. The van der Waals surface area contributed by atoms with Gasteiger partial charge in [0.1, 0.15) is 23.8 Å². The maximum absolute atomic E-state index is 12.9. The smallest absolute Gasteiger partial charge is 0.242 e. The van der Waals surface area contributed by atoms with Gasteiger partial charge in [0.25, 0.3) is 0 Å². The molecule has 3 aromatic rings. The van der Waals surface area contributed by atoms with E-state index in [9.17, 15) is 4.79 Å². The van der Waals surface area contributed by atoms with E-state index in [1.54, 1.807) is 6.33 Å². The van der Waals surface area contributed by atoms with E-state index in [1.807, 2.05) is 30.5 Å². The standard InChI is InChI=1S/C21H24N6O/c28-21(18-8-7-14-4-1-2-6-17(14)26-18)25-15-5-3-11-27(12-15)20-16-9-10-22-19(16)23-13-24-20/h1-2,4,6,9-10,13,15,18,26H,3,5,7-8,11-12H2,(H,25,28)(H,22,23,24)/t15-,18+/m1/s1. The number of piperidine rings is 1. The molecule has 2 atom stereocenters. The summed E-state index contributed by atoms with van der Waals surface area (Å²) in [6.07, 6.45) is 7.27. The van der Waals surface area contributed by atoms with Gasteiger partial charge in [-0.15, -0.1) is 0 Å². The molecule has 7 nitrogen and oxygen atoms in total. The summed E-state index contributed by atoms with van der Waals surface area (Å²) in [5.41, 5.74) is 3.21. The van der Waals surface area contributed by atoms with E-state index in [-0.39, 0.29) is 18.0 Å². The molecular formula is C21H24N6O. The van der Waals surface area contributed by atoms with Crippen molar-refractivity contribution < 1.29 is 4.79 Å². The van der Waals surface area contributed by atoms with Crippen molar-refractivity contribution in [2.75, 3.05) is 23.3 Å². The summed E-state index contributed by atoms with van der Waals surface area (Å²) in [6, 6.07) is 10.2. The summed E-state index contributed by atoms with van der Waals surface area (Å²) in [5, 5.41) is 7.69. The lowest BCUT2D eigenvalue weighted by Crippen LogP contribution is -2.52. The van der Waals surface area contributed by atoms with Gasteiger partial charge in [0, 0.05) is 31.0 Å². The first-order chi connectivity index (χ1) is 13.8. The summed E-state index contributed by atoms with van der Waals surface area (Å²) in [5.74, 6) is 1.03. The van der Waals surface area contributed by atoms with Gasteiger partial charge in [-0.1, -0.05) is 18.2 Å². The number of para-hydroxylation sites is 1. The lowest BCUT2D eigenvalue weighted by atomic mass is 9.97. The van der Waals surface area contributed by atoms with Gasteiger partial charge in [-0.25, -0.2) is 9.97 Å². The van der Waals surface area contributed by atoms with Crippen molar-refractivity contribution in [3.8, 4) is 0 Å². The molecule has 7 heteroatoms. The summed E-state index contributed by atoms with van der Waals surface area (Å²) in [7, 11) is 0. The molecule has 0 aliphatic carbocycles. The maximum Gasteiger partial charge on any atom is 0.242 e. The zero-order valence-corrected chi connectivity index (χ0v) is 15.7. The number of aromatic amines is 1. The highest BCUT2D eigenvalue weighted by molar-refractivity contribution is 5.88. The molecule has 2 aliphatic heterocycles. The SMILES string of the molecule is O=C(N[C@@H]1CCCN(c2ncnc3[nH]ccc23)C1)[C@@H]1CCc2ccccc2N1. The van der Waals surface area contributed by atoms with E-state index in [2.05, 4.69) is 36.6 Å². The van der Waals surface area contributed by atoms with Crippen molar-refractivity contribution in [3.05, 3.63) is 48.4 Å². The van der Waals surface area contributed by atoms with Crippen LogP contribution in [0.2, 0.25) is 0 Å². The summed E-state index contributed by atoms with van der Waals surface area (Å²) >= 11 is 0. The Morgan fingerprint density at radius 2 is 2.11 bits per heavy atom. The van der Waals surface area contributed by atoms with Crippen molar-refractivity contribution in [1.82, 2.24) is 20.3 Å². The Kier molecular flexibility index (Phi) is 4.35. The highest BCUT2D eigenvalue weighted by Gasteiger charge is 2.28. The van der Waals surface area contributed by atoms with Gasteiger partial charge in [0.05, 0.1) is 5.39 Å². The molecule has 1 amide bonds. The van der Waals surface area contributed by atoms with Crippen molar-refractivity contribution in [2.24, 2.45) is 0 Å². The van der Waals surface area contributed by atoms with Crippen LogP contribution in [0.4, 0.5) is 11.5 Å². The van der Waals surface area contributed by atoms with E-state index in [1.165, 1.54) is 5.56 Å². The third kappa shape index (κ3) is 3.17. The van der Waals surface area contributed by atoms with Crippen LogP contribution < -0.4 is 15.5 Å². The normalized spacial score (nSPS) is 21.8. The van der Waals surface area contributed by atoms with Crippen molar-refractivity contribution in [2.45, 2.75) is 37.8 Å². The molecule has 5 rings (SSSR count). The van der Waals surface area contributed by atoms with E-state index >= 15 is 0 Å². The molecule has 2 aliphatic rings. The number of benzene rings is 1. The second-order valence-electron chi connectivity index (χ2n) is 7.62. The Hall–Kier alpha value is -3.09. The first-order valence-corrected chi connectivity index (χ1v) is 9.96. The second-order valence-corrected chi connectivity index (χ2v) is 7.62. The van der Waals surface area contributed by atoms with Crippen LogP contribution in [-0.2, 0) is 11.2 Å². The largest absolute Gasteiger partial charge is 0.373 e. The van der Waals surface area contributed by atoms with Gasteiger partial charge in [-0.2, -0.15) is 0 Å². The second kappa shape index (κ2) is 7.14. The molecule has 0 saturated carbocycles. The number of fused-ring (bicyclic) bond motifs is 2. The lowest BCUT2D eigenvalue weighted by molar-refractivity contribution is -0.122. The number of aromatic nitrogens is 3. The van der Waals surface area contributed by atoms with Crippen LogP contribution in [0, 0.1) is 0 Å². The average Bonchev–Trinajstić information content (AvgIpc) is 3.22. The van der Waals surface area contributed by atoms with Crippen LogP contribution in [0.25, 0.3) is 11.0 Å². The molecule has 2 aromatic heterocycles.